The van der Waals surface area contributed by atoms with E-state index in [2.05, 4.69) is 10.6 Å². The van der Waals surface area contributed by atoms with Gasteiger partial charge >= 0.3 is 5.97 Å². The Morgan fingerprint density at radius 1 is 1.18 bits per heavy atom. The van der Waals surface area contributed by atoms with E-state index in [-0.39, 0.29) is 49.4 Å². The minimum Gasteiger partial charge on any atom is -0.463 e. The molecular formula is C27H38N2O5. The molecule has 3 atom stereocenters. The molecule has 1 aromatic rings. The SMILES string of the molecule is C[C@H](CO)NC(=O)C[C@H]1CC=CCC[C@H](Cc2ccccc2)C(=O)OCC2(CCCC2)NC1=O. The molecule has 0 radical (unpaired) electrons. The first-order valence-electron chi connectivity index (χ1n) is 12.5. The number of aliphatic hydroxyl groups is 1. The van der Waals surface area contributed by atoms with Gasteiger partial charge in [-0.25, -0.2) is 0 Å². The van der Waals surface area contributed by atoms with Crippen molar-refractivity contribution in [2.45, 2.75) is 76.3 Å². The van der Waals surface area contributed by atoms with Crippen LogP contribution < -0.4 is 10.6 Å². The van der Waals surface area contributed by atoms with Crippen LogP contribution in [-0.4, -0.2) is 47.7 Å². The Balaban J connectivity index is 1.75. The van der Waals surface area contributed by atoms with E-state index in [1.165, 1.54) is 0 Å². The number of hydrogen-bond acceptors (Lipinski definition) is 5. The minimum atomic E-state index is -0.574. The normalized spacial score (nSPS) is 24.3. The third-order valence-corrected chi connectivity index (χ3v) is 6.85. The Bertz CT molecular complexity index is 848. The van der Waals surface area contributed by atoms with Gasteiger partial charge in [0.25, 0.3) is 0 Å². The summed E-state index contributed by atoms with van der Waals surface area (Å²) in [5.74, 6) is -1.42. The number of aliphatic hydroxyl groups excluding tert-OH is 1. The lowest BCUT2D eigenvalue weighted by Crippen LogP contribution is -2.52. The van der Waals surface area contributed by atoms with Crippen molar-refractivity contribution in [1.82, 2.24) is 10.6 Å². The lowest BCUT2D eigenvalue weighted by Gasteiger charge is -2.32. The zero-order valence-electron chi connectivity index (χ0n) is 20.1. The van der Waals surface area contributed by atoms with Crippen LogP contribution in [0.5, 0.6) is 0 Å². The van der Waals surface area contributed by atoms with Crippen molar-refractivity contribution in [1.29, 1.82) is 0 Å². The van der Waals surface area contributed by atoms with Crippen molar-refractivity contribution < 1.29 is 24.2 Å². The summed E-state index contributed by atoms with van der Waals surface area (Å²) >= 11 is 0. The van der Waals surface area contributed by atoms with E-state index in [1.807, 2.05) is 42.5 Å². The number of ether oxygens (including phenoxy) is 1. The zero-order valence-corrected chi connectivity index (χ0v) is 20.1. The Kier molecular flexibility index (Phi) is 9.69. The standard InChI is InChI=1S/C27H38N2O5/c1-20(18-30)28-24(31)17-22-12-6-3-7-13-23(16-21-10-4-2-5-11-21)26(33)34-19-27(29-25(22)32)14-8-9-15-27/h2-6,10-11,20,22-23,30H,7-9,12-19H2,1H3,(H,28,31)(H,29,32)/t20-,22-,23-/m1/s1. The fourth-order valence-corrected chi connectivity index (χ4v) is 4.81. The molecule has 1 heterocycles. The Hall–Kier alpha value is -2.67. The van der Waals surface area contributed by atoms with Gasteiger partial charge in [0.15, 0.2) is 0 Å². The number of esters is 1. The van der Waals surface area contributed by atoms with Gasteiger partial charge in [-0.15, -0.1) is 0 Å². The Morgan fingerprint density at radius 2 is 1.91 bits per heavy atom. The molecule has 0 bridgehead atoms. The average molecular weight is 471 g/mol. The molecule has 0 aromatic heterocycles. The molecular weight excluding hydrogens is 432 g/mol. The highest BCUT2D eigenvalue weighted by atomic mass is 16.5. The number of allylic oxidation sites excluding steroid dienone is 2. The molecule has 1 fully saturated rings. The predicted octanol–water partition coefficient (Wildman–Crippen LogP) is 3.06. The van der Waals surface area contributed by atoms with Gasteiger partial charge in [0.05, 0.1) is 24.0 Å². The Labute approximate surface area is 202 Å². The molecule has 1 aliphatic heterocycles. The van der Waals surface area contributed by atoms with Gasteiger partial charge in [-0.05, 0) is 51.0 Å². The third kappa shape index (κ3) is 7.69. The van der Waals surface area contributed by atoms with Crippen LogP contribution in [0.2, 0.25) is 0 Å². The van der Waals surface area contributed by atoms with Crippen molar-refractivity contribution in [2.24, 2.45) is 11.8 Å². The molecule has 7 heteroatoms. The van der Waals surface area contributed by atoms with Crippen LogP contribution in [0.1, 0.15) is 63.9 Å². The van der Waals surface area contributed by atoms with Crippen LogP contribution >= 0.6 is 0 Å². The third-order valence-electron chi connectivity index (χ3n) is 6.85. The van der Waals surface area contributed by atoms with Crippen molar-refractivity contribution in [3.05, 3.63) is 48.0 Å². The number of hydrogen-bond donors (Lipinski definition) is 3. The maximum Gasteiger partial charge on any atom is 0.309 e. The van der Waals surface area contributed by atoms with Gasteiger partial charge in [-0.3, -0.25) is 14.4 Å². The summed E-state index contributed by atoms with van der Waals surface area (Å²) in [6, 6.07) is 9.60. The summed E-state index contributed by atoms with van der Waals surface area (Å²) in [6.07, 6.45) is 9.84. The Morgan fingerprint density at radius 3 is 2.62 bits per heavy atom. The second-order valence-corrected chi connectivity index (χ2v) is 9.81. The second kappa shape index (κ2) is 12.7. The second-order valence-electron chi connectivity index (χ2n) is 9.81. The highest BCUT2D eigenvalue weighted by Gasteiger charge is 2.39. The molecule has 1 aromatic carbocycles. The fraction of sp³-hybridized carbons (Fsp3) is 0.593. The first-order valence-corrected chi connectivity index (χ1v) is 12.5. The van der Waals surface area contributed by atoms with Crippen molar-refractivity contribution in [3.63, 3.8) is 0 Å². The molecule has 0 saturated heterocycles. The fourth-order valence-electron chi connectivity index (χ4n) is 4.81. The molecule has 1 spiro atoms. The molecule has 7 nitrogen and oxygen atoms in total. The van der Waals surface area contributed by atoms with Crippen LogP contribution in [0.15, 0.2) is 42.5 Å². The smallest absolute Gasteiger partial charge is 0.309 e. The first kappa shape index (κ1) is 25.9. The number of rotatable bonds is 6. The highest BCUT2D eigenvalue weighted by molar-refractivity contribution is 5.86. The van der Waals surface area contributed by atoms with Gasteiger partial charge in [0.2, 0.25) is 11.8 Å². The van der Waals surface area contributed by atoms with E-state index >= 15 is 0 Å². The maximum atomic E-state index is 13.2. The number of benzene rings is 1. The summed E-state index contributed by atoms with van der Waals surface area (Å²) in [6.45, 7) is 1.73. The van der Waals surface area contributed by atoms with Gasteiger partial charge in [-0.1, -0.05) is 55.3 Å². The van der Waals surface area contributed by atoms with E-state index in [4.69, 9.17) is 4.74 Å². The lowest BCUT2D eigenvalue weighted by molar-refractivity contribution is -0.152. The van der Waals surface area contributed by atoms with E-state index in [1.54, 1.807) is 6.92 Å². The zero-order chi connectivity index (χ0) is 24.4. The van der Waals surface area contributed by atoms with Crippen LogP contribution in [0.3, 0.4) is 0 Å². The van der Waals surface area contributed by atoms with E-state index in [0.29, 0.717) is 25.7 Å². The van der Waals surface area contributed by atoms with E-state index in [9.17, 15) is 19.5 Å². The van der Waals surface area contributed by atoms with Crippen LogP contribution in [0.4, 0.5) is 0 Å². The minimum absolute atomic E-state index is 0.0486. The van der Waals surface area contributed by atoms with Gasteiger partial charge in [0, 0.05) is 12.5 Å². The number of nitrogens with one attached hydrogen (secondary N) is 2. The maximum absolute atomic E-state index is 13.2. The van der Waals surface area contributed by atoms with E-state index < -0.39 is 11.5 Å². The van der Waals surface area contributed by atoms with Crippen LogP contribution in [0, 0.1) is 11.8 Å². The topological polar surface area (TPSA) is 105 Å². The molecule has 1 saturated carbocycles. The highest BCUT2D eigenvalue weighted by Crippen LogP contribution is 2.31. The van der Waals surface area contributed by atoms with Gasteiger partial charge < -0.3 is 20.5 Å². The number of cyclic esters (lactones) is 1. The molecule has 2 aliphatic rings. The summed E-state index contributed by atoms with van der Waals surface area (Å²) < 4.78 is 5.83. The molecule has 186 valence electrons. The van der Waals surface area contributed by atoms with Gasteiger partial charge in [0.1, 0.15) is 6.61 Å². The predicted molar refractivity (Wildman–Crippen MR) is 130 cm³/mol. The summed E-state index contributed by atoms with van der Waals surface area (Å²) in [7, 11) is 0. The van der Waals surface area contributed by atoms with Gasteiger partial charge in [-0.2, -0.15) is 0 Å². The molecule has 3 N–H and O–H groups in total. The van der Waals surface area contributed by atoms with Crippen LogP contribution in [-0.2, 0) is 25.5 Å². The quantitative estimate of drug-likeness (QED) is 0.438. The monoisotopic (exact) mass is 470 g/mol. The molecule has 0 unspecified atom stereocenters. The van der Waals surface area contributed by atoms with Crippen molar-refractivity contribution in [3.8, 4) is 0 Å². The first-order chi connectivity index (χ1) is 16.4. The summed E-state index contributed by atoms with van der Waals surface area (Å²) in [5.41, 5.74) is 0.527. The molecule has 34 heavy (non-hydrogen) atoms. The van der Waals surface area contributed by atoms with Crippen molar-refractivity contribution in [2.75, 3.05) is 13.2 Å². The van der Waals surface area contributed by atoms with Crippen molar-refractivity contribution >= 4 is 17.8 Å². The molecule has 1 aliphatic carbocycles. The number of carbonyl (C=O) groups excluding carboxylic acids is 3. The van der Waals surface area contributed by atoms with E-state index in [0.717, 1.165) is 31.2 Å². The number of amides is 2. The lowest BCUT2D eigenvalue weighted by atomic mass is 9.94. The largest absolute Gasteiger partial charge is 0.463 e. The molecule has 3 rings (SSSR count). The summed E-state index contributed by atoms with van der Waals surface area (Å²) in [4.78, 5) is 38.7. The average Bonchev–Trinajstić information content (AvgIpc) is 3.29. The molecule has 2 amide bonds. The number of carbonyl (C=O) groups is 3. The van der Waals surface area contributed by atoms with Crippen LogP contribution in [0.25, 0.3) is 0 Å². The summed E-state index contributed by atoms with van der Waals surface area (Å²) in [5, 5.41) is 15.1.